The largest absolute Gasteiger partial charge is 0.308 e. The van der Waals surface area contributed by atoms with Gasteiger partial charge in [-0.25, -0.2) is 0 Å². The zero-order valence-electron chi connectivity index (χ0n) is 10.8. The van der Waals surface area contributed by atoms with Crippen molar-refractivity contribution in [3.63, 3.8) is 0 Å². The van der Waals surface area contributed by atoms with Crippen molar-refractivity contribution >= 4 is 17.7 Å². The first-order chi connectivity index (χ1) is 9.24. The quantitative estimate of drug-likeness (QED) is 0.768. The van der Waals surface area contributed by atoms with Crippen LogP contribution in [0.4, 0.5) is 5.69 Å². The maximum Gasteiger partial charge on any atom is 0.251 e. The lowest BCUT2D eigenvalue weighted by Crippen LogP contribution is -2.26. The highest BCUT2D eigenvalue weighted by molar-refractivity contribution is 6.05. The number of anilines is 1. The van der Waals surface area contributed by atoms with E-state index in [-0.39, 0.29) is 5.91 Å². The van der Waals surface area contributed by atoms with Crippen molar-refractivity contribution in [3.8, 4) is 0 Å². The van der Waals surface area contributed by atoms with Crippen molar-refractivity contribution in [2.24, 2.45) is 7.05 Å². The molecular weight excluding hydrogens is 238 g/mol. The van der Waals surface area contributed by atoms with E-state index >= 15 is 0 Å². The van der Waals surface area contributed by atoms with Gasteiger partial charge in [-0.05, 0) is 24.1 Å². The Morgan fingerprint density at radius 2 is 2.21 bits per heavy atom. The summed E-state index contributed by atoms with van der Waals surface area (Å²) in [5.41, 5.74) is 3.21. The number of carbonyl (C=O) groups excluding carboxylic acids is 1. The van der Waals surface area contributed by atoms with Crippen molar-refractivity contribution in [2.45, 2.75) is 6.42 Å². The van der Waals surface area contributed by atoms with Crippen molar-refractivity contribution in [2.75, 3.05) is 11.4 Å². The van der Waals surface area contributed by atoms with E-state index < -0.39 is 0 Å². The lowest BCUT2D eigenvalue weighted by atomic mass is 10.2. The summed E-state index contributed by atoms with van der Waals surface area (Å²) in [7, 11) is 1.86. The monoisotopic (exact) mass is 253 g/mol. The summed E-state index contributed by atoms with van der Waals surface area (Å²) in [5.74, 6) is 0.0220. The molecule has 1 aliphatic heterocycles. The molecule has 4 nitrogen and oxygen atoms in total. The Balaban J connectivity index is 1.77. The molecule has 0 N–H and O–H groups in total. The zero-order valence-corrected chi connectivity index (χ0v) is 10.8. The Morgan fingerprint density at radius 1 is 1.37 bits per heavy atom. The molecule has 0 unspecified atom stereocenters. The topological polar surface area (TPSA) is 38.1 Å². The fourth-order valence-corrected chi connectivity index (χ4v) is 2.35. The first-order valence-electron chi connectivity index (χ1n) is 6.30. The molecular formula is C15H15N3O. The minimum Gasteiger partial charge on any atom is -0.308 e. The predicted molar refractivity (Wildman–Crippen MR) is 74.7 cm³/mol. The molecule has 0 radical (unpaired) electrons. The van der Waals surface area contributed by atoms with Crippen LogP contribution in [0.3, 0.4) is 0 Å². The molecule has 0 aliphatic carbocycles. The van der Waals surface area contributed by atoms with E-state index in [4.69, 9.17) is 0 Å². The molecule has 0 saturated carbocycles. The highest BCUT2D eigenvalue weighted by Gasteiger charge is 2.22. The normalized spacial score (nSPS) is 14.1. The van der Waals surface area contributed by atoms with Gasteiger partial charge in [-0.3, -0.25) is 9.48 Å². The molecule has 0 spiro atoms. The summed E-state index contributed by atoms with van der Waals surface area (Å²) in [6, 6.07) is 8.05. The Morgan fingerprint density at radius 3 is 3.00 bits per heavy atom. The molecule has 0 fully saturated rings. The van der Waals surface area contributed by atoms with Crippen LogP contribution < -0.4 is 4.90 Å². The van der Waals surface area contributed by atoms with Crippen LogP contribution in [0.25, 0.3) is 6.08 Å². The van der Waals surface area contributed by atoms with E-state index in [0.29, 0.717) is 0 Å². The standard InChI is InChI=1S/C15H15N3O/c1-17-11-12(10-16-17)6-7-15(19)18-9-8-13-4-2-3-5-14(13)18/h2-7,10-11H,8-9H2,1H3. The van der Waals surface area contributed by atoms with Crippen LogP contribution in [0.5, 0.6) is 0 Å². The smallest absolute Gasteiger partial charge is 0.251 e. The van der Waals surface area contributed by atoms with E-state index in [1.165, 1.54) is 5.56 Å². The molecule has 2 aromatic rings. The van der Waals surface area contributed by atoms with Gasteiger partial charge in [0.1, 0.15) is 0 Å². The maximum atomic E-state index is 12.2. The first kappa shape index (κ1) is 11.7. The van der Waals surface area contributed by atoms with Crippen molar-refractivity contribution in [1.29, 1.82) is 0 Å². The number of para-hydroxylation sites is 1. The van der Waals surface area contributed by atoms with E-state index in [1.54, 1.807) is 23.0 Å². The summed E-state index contributed by atoms with van der Waals surface area (Å²) >= 11 is 0. The minimum atomic E-state index is 0.0220. The third-order valence-corrected chi connectivity index (χ3v) is 3.30. The van der Waals surface area contributed by atoms with Gasteiger partial charge in [-0.1, -0.05) is 18.2 Å². The van der Waals surface area contributed by atoms with E-state index in [1.807, 2.05) is 36.3 Å². The van der Waals surface area contributed by atoms with Gasteiger partial charge >= 0.3 is 0 Å². The van der Waals surface area contributed by atoms with Crippen LogP contribution in [0.2, 0.25) is 0 Å². The molecule has 96 valence electrons. The van der Waals surface area contributed by atoms with Crippen LogP contribution in [0.1, 0.15) is 11.1 Å². The number of benzene rings is 1. The third-order valence-electron chi connectivity index (χ3n) is 3.30. The number of hydrogen-bond acceptors (Lipinski definition) is 2. The third kappa shape index (κ3) is 2.29. The number of hydrogen-bond donors (Lipinski definition) is 0. The van der Waals surface area contributed by atoms with Crippen molar-refractivity contribution < 1.29 is 4.79 Å². The minimum absolute atomic E-state index is 0.0220. The molecule has 19 heavy (non-hydrogen) atoms. The lowest BCUT2D eigenvalue weighted by molar-refractivity contribution is -0.114. The van der Waals surface area contributed by atoms with Gasteiger partial charge in [0.25, 0.3) is 5.91 Å². The van der Waals surface area contributed by atoms with Gasteiger partial charge in [-0.2, -0.15) is 5.10 Å². The van der Waals surface area contributed by atoms with E-state index in [9.17, 15) is 4.79 Å². The van der Waals surface area contributed by atoms with Crippen molar-refractivity contribution in [1.82, 2.24) is 9.78 Å². The van der Waals surface area contributed by atoms with Crippen LogP contribution >= 0.6 is 0 Å². The lowest BCUT2D eigenvalue weighted by Gasteiger charge is -2.14. The summed E-state index contributed by atoms with van der Waals surface area (Å²) in [6.07, 6.45) is 7.96. The molecule has 1 amide bonds. The van der Waals surface area contributed by atoms with E-state index in [2.05, 4.69) is 11.2 Å². The highest BCUT2D eigenvalue weighted by Crippen LogP contribution is 2.27. The fraction of sp³-hybridized carbons (Fsp3) is 0.200. The Kier molecular flexibility index (Phi) is 2.91. The summed E-state index contributed by atoms with van der Waals surface area (Å²) < 4.78 is 1.72. The first-order valence-corrected chi connectivity index (χ1v) is 6.30. The Labute approximate surface area is 112 Å². The van der Waals surface area contributed by atoms with Crippen LogP contribution in [0, 0.1) is 0 Å². The molecule has 4 heteroatoms. The number of aromatic nitrogens is 2. The zero-order chi connectivity index (χ0) is 13.2. The second kappa shape index (κ2) is 4.72. The Hall–Kier alpha value is -2.36. The number of rotatable bonds is 2. The number of amides is 1. The van der Waals surface area contributed by atoms with Crippen molar-refractivity contribution in [3.05, 3.63) is 53.9 Å². The summed E-state index contributed by atoms with van der Waals surface area (Å²) in [6.45, 7) is 0.759. The number of carbonyl (C=O) groups is 1. The molecule has 3 rings (SSSR count). The van der Waals surface area contributed by atoms with Gasteiger partial charge in [0.05, 0.1) is 6.20 Å². The molecule has 0 bridgehead atoms. The molecule has 1 aromatic heterocycles. The molecule has 0 atom stereocenters. The van der Waals surface area contributed by atoms with Gasteiger partial charge in [0, 0.05) is 37.1 Å². The van der Waals surface area contributed by atoms with Gasteiger partial charge in [0.15, 0.2) is 0 Å². The van der Waals surface area contributed by atoms with Crippen LogP contribution in [-0.4, -0.2) is 22.2 Å². The highest BCUT2D eigenvalue weighted by atomic mass is 16.2. The summed E-state index contributed by atoms with van der Waals surface area (Å²) in [5, 5.41) is 4.07. The average molecular weight is 253 g/mol. The number of fused-ring (bicyclic) bond motifs is 1. The fourth-order valence-electron chi connectivity index (χ4n) is 2.35. The van der Waals surface area contributed by atoms with Crippen LogP contribution in [0.15, 0.2) is 42.7 Å². The van der Waals surface area contributed by atoms with E-state index in [0.717, 1.165) is 24.2 Å². The SMILES string of the molecule is Cn1cc(C=CC(=O)N2CCc3ccccc32)cn1. The number of nitrogens with zero attached hydrogens (tertiary/aromatic N) is 3. The molecule has 1 aromatic carbocycles. The second-order valence-electron chi connectivity index (χ2n) is 4.65. The average Bonchev–Trinajstić information content (AvgIpc) is 3.02. The Bertz CT molecular complexity index is 642. The van der Waals surface area contributed by atoms with Crippen LogP contribution in [-0.2, 0) is 18.3 Å². The molecule has 1 aliphatic rings. The van der Waals surface area contributed by atoms with Gasteiger partial charge in [-0.15, -0.1) is 0 Å². The predicted octanol–water partition coefficient (Wildman–Crippen LogP) is 2.02. The molecule has 2 heterocycles. The molecule has 0 saturated heterocycles. The maximum absolute atomic E-state index is 12.2. The number of aryl methyl sites for hydroxylation is 1. The van der Waals surface area contributed by atoms with Gasteiger partial charge < -0.3 is 4.90 Å². The second-order valence-corrected chi connectivity index (χ2v) is 4.65. The van der Waals surface area contributed by atoms with Gasteiger partial charge in [0.2, 0.25) is 0 Å². The summed E-state index contributed by atoms with van der Waals surface area (Å²) in [4.78, 5) is 14.0.